The molecule has 0 bridgehead atoms. The summed E-state index contributed by atoms with van der Waals surface area (Å²) in [6, 6.07) is 4.89. The van der Waals surface area contributed by atoms with Gasteiger partial charge < -0.3 is 10.4 Å². The summed E-state index contributed by atoms with van der Waals surface area (Å²) in [4.78, 5) is 22.9. The topological polar surface area (TPSA) is 66.4 Å². The molecular formula is C15H8ClF4NO3. The van der Waals surface area contributed by atoms with E-state index in [1.165, 1.54) is 12.1 Å². The van der Waals surface area contributed by atoms with Crippen molar-refractivity contribution in [3.05, 3.63) is 63.9 Å². The van der Waals surface area contributed by atoms with Gasteiger partial charge in [-0.15, -0.1) is 0 Å². The second-order valence-corrected chi connectivity index (χ2v) is 5.09. The minimum Gasteiger partial charge on any atom is -0.478 e. The van der Waals surface area contributed by atoms with E-state index in [2.05, 4.69) is 5.32 Å². The van der Waals surface area contributed by atoms with Crippen molar-refractivity contribution in [1.29, 1.82) is 0 Å². The number of aromatic carboxylic acids is 1. The van der Waals surface area contributed by atoms with Gasteiger partial charge in [0.1, 0.15) is 5.82 Å². The van der Waals surface area contributed by atoms with Crippen LogP contribution in [0.2, 0.25) is 5.02 Å². The molecule has 2 aromatic carbocycles. The quantitative estimate of drug-likeness (QED) is 0.794. The predicted molar refractivity (Wildman–Crippen MR) is 77.8 cm³/mol. The molecule has 0 aliphatic carbocycles. The molecule has 2 rings (SSSR count). The average molecular weight is 362 g/mol. The molecule has 0 aromatic heterocycles. The minimum absolute atomic E-state index is 0.0142. The smallest absolute Gasteiger partial charge is 0.416 e. The third kappa shape index (κ3) is 4.02. The van der Waals surface area contributed by atoms with E-state index >= 15 is 0 Å². The van der Waals surface area contributed by atoms with E-state index in [0.717, 1.165) is 6.07 Å². The molecule has 24 heavy (non-hydrogen) atoms. The zero-order chi connectivity index (χ0) is 18.1. The molecule has 0 heterocycles. The number of alkyl halides is 3. The number of anilines is 1. The van der Waals surface area contributed by atoms with E-state index in [4.69, 9.17) is 16.7 Å². The summed E-state index contributed by atoms with van der Waals surface area (Å²) in [6.45, 7) is 0. The number of amides is 1. The first-order chi connectivity index (χ1) is 11.1. The number of carboxylic acids is 1. The summed E-state index contributed by atoms with van der Waals surface area (Å²) in [7, 11) is 0. The van der Waals surface area contributed by atoms with Crippen molar-refractivity contribution >= 4 is 29.2 Å². The summed E-state index contributed by atoms with van der Waals surface area (Å²) in [5.74, 6) is -3.60. The van der Waals surface area contributed by atoms with Gasteiger partial charge in [0.25, 0.3) is 5.91 Å². The van der Waals surface area contributed by atoms with Gasteiger partial charge in [0.15, 0.2) is 0 Å². The third-order valence-electron chi connectivity index (χ3n) is 2.94. The fourth-order valence-electron chi connectivity index (χ4n) is 1.85. The van der Waals surface area contributed by atoms with Crippen molar-refractivity contribution in [3.8, 4) is 0 Å². The van der Waals surface area contributed by atoms with Crippen LogP contribution in [-0.4, -0.2) is 17.0 Å². The zero-order valence-corrected chi connectivity index (χ0v) is 12.4. The number of hydrogen-bond acceptors (Lipinski definition) is 2. The number of halogens is 5. The maximum absolute atomic E-state index is 13.3. The van der Waals surface area contributed by atoms with E-state index in [-0.39, 0.29) is 22.3 Å². The summed E-state index contributed by atoms with van der Waals surface area (Å²) in [5.41, 5.74) is -2.19. The second-order valence-electron chi connectivity index (χ2n) is 4.68. The Hall–Kier alpha value is -2.61. The van der Waals surface area contributed by atoms with Crippen LogP contribution in [-0.2, 0) is 6.18 Å². The van der Waals surface area contributed by atoms with E-state index in [1.807, 2.05) is 0 Å². The summed E-state index contributed by atoms with van der Waals surface area (Å²) < 4.78 is 51.2. The summed E-state index contributed by atoms with van der Waals surface area (Å²) in [5, 5.41) is 11.0. The first kappa shape index (κ1) is 17.7. The molecule has 0 fully saturated rings. The lowest BCUT2D eigenvalue weighted by Crippen LogP contribution is -2.15. The van der Waals surface area contributed by atoms with Crippen LogP contribution in [0.1, 0.15) is 26.3 Å². The van der Waals surface area contributed by atoms with Crippen LogP contribution in [0.3, 0.4) is 0 Å². The Morgan fingerprint density at radius 2 is 1.75 bits per heavy atom. The fourth-order valence-corrected chi connectivity index (χ4v) is 2.05. The Kier molecular flexibility index (Phi) is 4.79. The van der Waals surface area contributed by atoms with Crippen molar-refractivity contribution in [1.82, 2.24) is 0 Å². The number of carbonyl (C=O) groups is 2. The van der Waals surface area contributed by atoms with Crippen molar-refractivity contribution < 1.29 is 32.3 Å². The molecule has 0 atom stereocenters. The van der Waals surface area contributed by atoms with Crippen LogP contribution in [0.15, 0.2) is 36.4 Å². The number of rotatable bonds is 3. The first-order valence-electron chi connectivity index (χ1n) is 6.30. The van der Waals surface area contributed by atoms with Gasteiger partial charge in [0.05, 0.1) is 16.1 Å². The first-order valence-corrected chi connectivity index (χ1v) is 6.67. The summed E-state index contributed by atoms with van der Waals surface area (Å²) in [6.07, 6.45) is -4.81. The molecule has 2 aromatic rings. The van der Waals surface area contributed by atoms with Gasteiger partial charge in [-0.25, -0.2) is 9.18 Å². The molecule has 0 spiro atoms. The highest BCUT2D eigenvalue weighted by atomic mass is 35.5. The largest absolute Gasteiger partial charge is 0.478 e. The van der Waals surface area contributed by atoms with Gasteiger partial charge in [-0.05, 0) is 36.4 Å². The Labute approximate surface area is 137 Å². The maximum atomic E-state index is 13.3. The fraction of sp³-hybridized carbons (Fsp3) is 0.0667. The number of hydrogen-bond donors (Lipinski definition) is 2. The van der Waals surface area contributed by atoms with Crippen molar-refractivity contribution in [2.45, 2.75) is 6.18 Å². The highest BCUT2D eigenvalue weighted by Crippen LogP contribution is 2.30. The SMILES string of the molecule is O=C(Nc1ccc(Cl)c(C(=O)O)c1)c1cc(F)cc(C(F)(F)F)c1. The van der Waals surface area contributed by atoms with Crippen molar-refractivity contribution in [2.24, 2.45) is 0 Å². The van der Waals surface area contributed by atoms with Crippen LogP contribution in [0.25, 0.3) is 0 Å². The van der Waals surface area contributed by atoms with Crippen LogP contribution in [0, 0.1) is 5.82 Å². The molecule has 126 valence electrons. The van der Waals surface area contributed by atoms with Gasteiger partial charge in [0.2, 0.25) is 0 Å². The molecule has 9 heteroatoms. The number of nitrogens with one attached hydrogen (secondary N) is 1. The average Bonchev–Trinajstić information content (AvgIpc) is 2.47. The zero-order valence-electron chi connectivity index (χ0n) is 11.6. The van der Waals surface area contributed by atoms with Crippen LogP contribution in [0.4, 0.5) is 23.2 Å². The monoisotopic (exact) mass is 361 g/mol. The van der Waals surface area contributed by atoms with Gasteiger partial charge in [-0.2, -0.15) is 13.2 Å². The molecule has 0 unspecified atom stereocenters. The lowest BCUT2D eigenvalue weighted by atomic mass is 10.1. The standard InChI is InChI=1S/C15H8ClF4NO3/c16-12-2-1-10(6-11(12)14(23)24)21-13(22)7-3-8(15(18,19)20)5-9(17)4-7/h1-6H,(H,21,22)(H,23,24). The van der Waals surface area contributed by atoms with Gasteiger partial charge in [0, 0.05) is 11.3 Å². The third-order valence-corrected chi connectivity index (χ3v) is 3.27. The Morgan fingerprint density at radius 1 is 1.08 bits per heavy atom. The van der Waals surface area contributed by atoms with Crippen LogP contribution >= 0.6 is 11.6 Å². The van der Waals surface area contributed by atoms with Gasteiger partial charge >= 0.3 is 12.1 Å². The van der Waals surface area contributed by atoms with Crippen molar-refractivity contribution in [2.75, 3.05) is 5.32 Å². The van der Waals surface area contributed by atoms with Gasteiger partial charge in [-0.3, -0.25) is 4.79 Å². The lowest BCUT2D eigenvalue weighted by molar-refractivity contribution is -0.137. The van der Waals surface area contributed by atoms with Gasteiger partial charge in [-0.1, -0.05) is 11.6 Å². The van der Waals surface area contributed by atoms with E-state index in [9.17, 15) is 27.2 Å². The molecule has 0 aliphatic heterocycles. The Morgan fingerprint density at radius 3 is 2.33 bits per heavy atom. The predicted octanol–water partition coefficient (Wildman–Crippen LogP) is 4.45. The molecule has 0 aliphatic rings. The molecule has 4 nitrogen and oxygen atoms in total. The van der Waals surface area contributed by atoms with Crippen LogP contribution < -0.4 is 5.32 Å². The second kappa shape index (κ2) is 6.48. The molecule has 1 amide bonds. The number of carbonyl (C=O) groups excluding carboxylic acids is 1. The normalized spacial score (nSPS) is 11.2. The molecular weight excluding hydrogens is 354 g/mol. The minimum atomic E-state index is -4.81. The Bertz CT molecular complexity index is 821. The Balaban J connectivity index is 2.32. The number of benzene rings is 2. The van der Waals surface area contributed by atoms with Crippen LogP contribution in [0.5, 0.6) is 0 Å². The lowest BCUT2D eigenvalue weighted by Gasteiger charge is -2.10. The molecule has 0 saturated carbocycles. The summed E-state index contributed by atoms with van der Waals surface area (Å²) >= 11 is 5.67. The van der Waals surface area contributed by atoms with E-state index in [1.54, 1.807) is 0 Å². The van der Waals surface area contributed by atoms with Crippen molar-refractivity contribution in [3.63, 3.8) is 0 Å². The molecule has 2 N–H and O–H groups in total. The van der Waals surface area contributed by atoms with E-state index < -0.39 is 35.0 Å². The maximum Gasteiger partial charge on any atom is 0.416 e. The highest BCUT2D eigenvalue weighted by Gasteiger charge is 2.32. The van der Waals surface area contributed by atoms with E-state index in [0.29, 0.717) is 12.1 Å². The highest BCUT2D eigenvalue weighted by molar-refractivity contribution is 6.33. The number of carboxylic acid groups (broad SMARTS) is 1. The molecule has 0 saturated heterocycles. The molecule has 0 radical (unpaired) electrons.